The maximum absolute atomic E-state index is 13.1. The molecule has 0 aliphatic rings. The zero-order valence-corrected chi connectivity index (χ0v) is 21.3. The summed E-state index contributed by atoms with van der Waals surface area (Å²) in [6.07, 6.45) is 0.774. The zero-order valence-electron chi connectivity index (χ0n) is 17.4. The highest BCUT2D eigenvalue weighted by Gasteiger charge is 2.28. The van der Waals surface area contributed by atoms with Crippen molar-refractivity contribution in [1.29, 1.82) is 0 Å². The summed E-state index contributed by atoms with van der Waals surface area (Å²) in [7, 11) is 0. The summed E-state index contributed by atoms with van der Waals surface area (Å²) in [6, 6.07) is 9.32. The van der Waals surface area contributed by atoms with Crippen molar-refractivity contribution < 1.29 is 14.3 Å². The molecule has 1 N–H and O–H groups in total. The molecule has 9 heteroatoms. The standard InChI is InChI=1S/C22H24BrCl3N2O3/c1-4-13(2)27-22(30)14(3)28(11-16-18(25)6-5-7-19(16)26)21(29)12-31-20-9-8-15(24)10-17(20)23/h5-10,13-14H,4,11-12H2,1-3H3,(H,27,30)/t13-,14-/m0/s1. The van der Waals surface area contributed by atoms with Crippen LogP contribution in [0, 0.1) is 0 Å². The van der Waals surface area contributed by atoms with Crippen molar-refractivity contribution in [1.82, 2.24) is 10.2 Å². The van der Waals surface area contributed by atoms with Crippen LogP contribution in [0.2, 0.25) is 15.1 Å². The number of benzene rings is 2. The number of amides is 2. The fourth-order valence-electron chi connectivity index (χ4n) is 2.72. The molecule has 0 aliphatic carbocycles. The monoisotopic (exact) mass is 548 g/mol. The molecule has 2 rings (SSSR count). The summed E-state index contributed by atoms with van der Waals surface area (Å²) in [6.45, 7) is 5.34. The van der Waals surface area contributed by atoms with E-state index in [1.165, 1.54) is 4.90 Å². The third-order valence-electron chi connectivity index (χ3n) is 4.80. The van der Waals surface area contributed by atoms with E-state index in [1.54, 1.807) is 43.3 Å². The van der Waals surface area contributed by atoms with Crippen LogP contribution in [0.4, 0.5) is 0 Å². The molecule has 31 heavy (non-hydrogen) atoms. The summed E-state index contributed by atoms with van der Waals surface area (Å²) in [5.41, 5.74) is 0.565. The van der Waals surface area contributed by atoms with Gasteiger partial charge in [0.05, 0.1) is 4.47 Å². The molecule has 0 bridgehead atoms. The van der Waals surface area contributed by atoms with Crippen molar-refractivity contribution in [2.24, 2.45) is 0 Å². The molecular formula is C22H24BrCl3N2O3. The second-order valence-electron chi connectivity index (χ2n) is 7.08. The Labute approximate surface area is 206 Å². The van der Waals surface area contributed by atoms with E-state index >= 15 is 0 Å². The maximum Gasteiger partial charge on any atom is 0.261 e. The number of carbonyl (C=O) groups is 2. The van der Waals surface area contributed by atoms with Gasteiger partial charge < -0.3 is 15.0 Å². The van der Waals surface area contributed by atoms with Crippen LogP contribution in [0.1, 0.15) is 32.8 Å². The number of halogens is 4. The molecule has 0 aromatic heterocycles. The highest BCUT2D eigenvalue weighted by Crippen LogP contribution is 2.29. The van der Waals surface area contributed by atoms with Gasteiger partial charge >= 0.3 is 0 Å². The molecule has 2 aromatic carbocycles. The predicted molar refractivity (Wildman–Crippen MR) is 129 cm³/mol. The summed E-state index contributed by atoms with van der Waals surface area (Å²) in [5, 5.41) is 4.28. The Balaban J connectivity index is 2.24. The van der Waals surface area contributed by atoms with Gasteiger partial charge in [-0.15, -0.1) is 0 Å². The van der Waals surface area contributed by atoms with Crippen molar-refractivity contribution in [2.75, 3.05) is 6.61 Å². The lowest BCUT2D eigenvalue weighted by molar-refractivity contribution is -0.142. The van der Waals surface area contributed by atoms with Gasteiger partial charge in [0.1, 0.15) is 11.8 Å². The van der Waals surface area contributed by atoms with Crippen LogP contribution < -0.4 is 10.1 Å². The Kier molecular flexibility index (Phi) is 9.94. The van der Waals surface area contributed by atoms with Crippen LogP contribution in [-0.4, -0.2) is 35.4 Å². The fraction of sp³-hybridized carbons (Fsp3) is 0.364. The van der Waals surface area contributed by atoms with Crippen molar-refractivity contribution in [2.45, 2.75) is 45.8 Å². The van der Waals surface area contributed by atoms with Gasteiger partial charge in [0.25, 0.3) is 5.91 Å². The molecule has 5 nitrogen and oxygen atoms in total. The Hall–Kier alpha value is -1.47. The van der Waals surface area contributed by atoms with Gasteiger partial charge in [-0.3, -0.25) is 9.59 Å². The molecule has 2 amide bonds. The number of hydrogen-bond donors (Lipinski definition) is 1. The van der Waals surface area contributed by atoms with Gasteiger partial charge in [-0.2, -0.15) is 0 Å². The van der Waals surface area contributed by atoms with Crippen molar-refractivity contribution in [3.05, 3.63) is 61.5 Å². The normalized spacial score (nSPS) is 12.7. The van der Waals surface area contributed by atoms with E-state index in [0.717, 1.165) is 6.42 Å². The molecule has 0 radical (unpaired) electrons. The second-order valence-corrected chi connectivity index (χ2v) is 9.18. The van der Waals surface area contributed by atoms with Crippen LogP contribution in [0.15, 0.2) is 40.9 Å². The fourth-order valence-corrected chi connectivity index (χ4v) is 4.03. The Bertz CT molecular complexity index is 922. The second kappa shape index (κ2) is 12.0. The number of hydrogen-bond acceptors (Lipinski definition) is 3. The number of nitrogens with zero attached hydrogens (tertiary/aromatic N) is 1. The van der Waals surface area contributed by atoms with E-state index in [2.05, 4.69) is 21.2 Å². The van der Waals surface area contributed by atoms with Crippen LogP contribution in [-0.2, 0) is 16.1 Å². The highest BCUT2D eigenvalue weighted by atomic mass is 79.9. The third-order valence-corrected chi connectivity index (χ3v) is 6.37. The molecule has 168 valence electrons. The van der Waals surface area contributed by atoms with Crippen molar-refractivity contribution in [3.63, 3.8) is 0 Å². The largest absolute Gasteiger partial charge is 0.483 e. The van der Waals surface area contributed by atoms with Crippen molar-refractivity contribution >= 4 is 62.5 Å². The van der Waals surface area contributed by atoms with E-state index in [1.807, 2.05) is 13.8 Å². The molecule has 0 unspecified atom stereocenters. The van der Waals surface area contributed by atoms with Crippen LogP contribution >= 0.6 is 50.7 Å². The third kappa shape index (κ3) is 7.28. The minimum atomic E-state index is -0.758. The average Bonchev–Trinajstić information content (AvgIpc) is 2.72. The molecule has 0 fully saturated rings. The lowest BCUT2D eigenvalue weighted by Crippen LogP contribution is -2.50. The lowest BCUT2D eigenvalue weighted by Gasteiger charge is -2.30. The smallest absolute Gasteiger partial charge is 0.261 e. The van der Waals surface area contributed by atoms with Gasteiger partial charge in [-0.1, -0.05) is 47.8 Å². The molecule has 2 aromatic rings. The lowest BCUT2D eigenvalue weighted by atomic mass is 10.1. The quantitative estimate of drug-likeness (QED) is 0.409. The first kappa shape index (κ1) is 25.8. The first-order valence-electron chi connectivity index (χ1n) is 9.74. The molecule has 2 atom stereocenters. The molecule has 0 heterocycles. The summed E-state index contributed by atoms with van der Waals surface area (Å²) in [5.74, 6) is -0.187. The minimum absolute atomic E-state index is 0.0166. The average molecular weight is 551 g/mol. The van der Waals surface area contributed by atoms with Gasteiger partial charge in [0.15, 0.2) is 6.61 Å². The predicted octanol–water partition coefficient (Wildman–Crippen LogP) is 6.12. The molecule has 0 spiro atoms. The molecular weight excluding hydrogens is 527 g/mol. The summed E-state index contributed by atoms with van der Waals surface area (Å²) in [4.78, 5) is 27.3. The van der Waals surface area contributed by atoms with Gasteiger partial charge in [-0.25, -0.2) is 0 Å². The van der Waals surface area contributed by atoms with E-state index in [4.69, 9.17) is 39.5 Å². The van der Waals surface area contributed by atoms with Crippen molar-refractivity contribution in [3.8, 4) is 5.75 Å². The first-order valence-corrected chi connectivity index (χ1v) is 11.7. The topological polar surface area (TPSA) is 58.6 Å². The number of ether oxygens (including phenoxy) is 1. The van der Waals surface area contributed by atoms with E-state index < -0.39 is 6.04 Å². The Morgan fingerprint density at radius 2 is 1.77 bits per heavy atom. The number of carbonyl (C=O) groups excluding carboxylic acids is 2. The van der Waals surface area contributed by atoms with Crippen LogP contribution in [0.25, 0.3) is 0 Å². The SMILES string of the molecule is CC[C@H](C)NC(=O)[C@H](C)N(Cc1c(Cl)cccc1Cl)C(=O)COc1ccc(Cl)cc1Br. The van der Waals surface area contributed by atoms with E-state index in [9.17, 15) is 9.59 Å². The van der Waals surface area contributed by atoms with E-state index in [0.29, 0.717) is 30.9 Å². The summed E-state index contributed by atoms with van der Waals surface area (Å²) < 4.78 is 6.29. The molecule has 0 saturated heterocycles. The van der Waals surface area contributed by atoms with Gasteiger partial charge in [0, 0.05) is 33.2 Å². The molecule has 0 aliphatic heterocycles. The Morgan fingerprint density at radius 1 is 1.13 bits per heavy atom. The van der Waals surface area contributed by atoms with Gasteiger partial charge in [0.2, 0.25) is 5.91 Å². The highest BCUT2D eigenvalue weighted by molar-refractivity contribution is 9.10. The van der Waals surface area contributed by atoms with Gasteiger partial charge in [-0.05, 0) is 66.5 Å². The zero-order chi connectivity index (χ0) is 23.1. The Morgan fingerprint density at radius 3 is 2.35 bits per heavy atom. The number of rotatable bonds is 9. The van der Waals surface area contributed by atoms with E-state index in [-0.39, 0.29) is 31.0 Å². The summed E-state index contributed by atoms with van der Waals surface area (Å²) >= 11 is 21.9. The minimum Gasteiger partial charge on any atom is -0.483 e. The maximum atomic E-state index is 13.1. The molecule has 0 saturated carbocycles. The van der Waals surface area contributed by atoms with Crippen LogP contribution in [0.3, 0.4) is 0 Å². The first-order chi connectivity index (χ1) is 14.6. The number of nitrogens with one attached hydrogen (secondary N) is 1. The van der Waals surface area contributed by atoms with Crippen LogP contribution in [0.5, 0.6) is 5.75 Å².